The fourth-order valence-corrected chi connectivity index (χ4v) is 1.40. The third-order valence-electron chi connectivity index (χ3n) is 2.82. The average molecular weight is 177 g/mol. The van der Waals surface area contributed by atoms with Gasteiger partial charge in [-0.3, -0.25) is 0 Å². The lowest BCUT2D eigenvalue weighted by Crippen LogP contribution is -2.31. The minimum atomic E-state index is 0.282. The molecule has 0 aliphatic heterocycles. The average Bonchev–Trinajstić information content (AvgIpc) is 1.56. The molecule has 0 nitrogen and oxygen atoms in total. The highest BCUT2D eigenvalue weighted by atomic mass is 35.5. The summed E-state index contributed by atoms with van der Waals surface area (Å²) < 4.78 is 0. The molecule has 68 valence electrons. The minimum Gasteiger partial charge on any atom is -0.123 e. The first-order valence-corrected chi connectivity index (χ1v) is 4.74. The van der Waals surface area contributed by atoms with Crippen molar-refractivity contribution in [1.29, 1.82) is 0 Å². The van der Waals surface area contributed by atoms with Crippen molar-refractivity contribution >= 4 is 11.6 Å². The summed E-state index contributed by atoms with van der Waals surface area (Å²) in [5.74, 6) is 0. The number of hydrogen-bond donors (Lipinski definition) is 0. The molecule has 1 heteroatoms. The molecule has 0 aliphatic rings. The molecular weight excluding hydrogens is 156 g/mol. The van der Waals surface area contributed by atoms with Crippen LogP contribution in [0.3, 0.4) is 0 Å². The molecule has 0 aromatic heterocycles. The van der Waals surface area contributed by atoms with Gasteiger partial charge in [-0.2, -0.15) is 0 Å². The van der Waals surface area contributed by atoms with E-state index in [4.69, 9.17) is 11.6 Å². The lowest BCUT2D eigenvalue weighted by atomic mass is 9.67. The zero-order valence-electron chi connectivity index (χ0n) is 8.66. The Hall–Kier alpha value is 0.290. The van der Waals surface area contributed by atoms with E-state index in [2.05, 4.69) is 41.5 Å². The lowest BCUT2D eigenvalue weighted by molar-refractivity contribution is 0.120. The van der Waals surface area contributed by atoms with Crippen LogP contribution in [0.2, 0.25) is 0 Å². The van der Waals surface area contributed by atoms with E-state index in [1.807, 2.05) is 0 Å². The molecule has 11 heavy (non-hydrogen) atoms. The summed E-state index contributed by atoms with van der Waals surface area (Å²) in [7, 11) is 0. The van der Waals surface area contributed by atoms with Gasteiger partial charge < -0.3 is 0 Å². The Morgan fingerprint density at radius 1 is 1.09 bits per heavy atom. The van der Waals surface area contributed by atoms with Crippen molar-refractivity contribution in [1.82, 2.24) is 0 Å². The van der Waals surface area contributed by atoms with E-state index in [1.54, 1.807) is 0 Å². The Balaban J connectivity index is 4.22. The van der Waals surface area contributed by atoms with Gasteiger partial charge in [0, 0.05) is 5.38 Å². The van der Waals surface area contributed by atoms with Gasteiger partial charge in [-0.1, -0.05) is 34.6 Å². The highest BCUT2D eigenvalue weighted by Crippen LogP contribution is 2.42. The highest BCUT2D eigenvalue weighted by Gasteiger charge is 2.33. The zero-order chi connectivity index (χ0) is 9.28. The monoisotopic (exact) mass is 176 g/mol. The number of halogens is 1. The molecule has 0 heterocycles. The van der Waals surface area contributed by atoms with Crippen LogP contribution in [0.25, 0.3) is 0 Å². The Labute approximate surface area is 76.3 Å². The SMILES string of the molecule is CC(Cl)CC(C)(C)C(C)(C)C. The van der Waals surface area contributed by atoms with Gasteiger partial charge in [-0.15, -0.1) is 11.6 Å². The molecule has 0 radical (unpaired) electrons. The Morgan fingerprint density at radius 3 is 1.55 bits per heavy atom. The third kappa shape index (κ3) is 3.46. The molecule has 0 saturated carbocycles. The Bertz CT molecular complexity index is 117. The molecule has 0 N–H and O–H groups in total. The predicted octanol–water partition coefficient (Wildman–Crippen LogP) is 4.08. The lowest BCUT2D eigenvalue weighted by Gasteiger charge is -2.39. The van der Waals surface area contributed by atoms with Gasteiger partial charge in [0.25, 0.3) is 0 Å². The quantitative estimate of drug-likeness (QED) is 0.557. The van der Waals surface area contributed by atoms with Crippen molar-refractivity contribution in [2.75, 3.05) is 0 Å². The maximum atomic E-state index is 5.97. The van der Waals surface area contributed by atoms with Gasteiger partial charge in [-0.05, 0) is 24.2 Å². The molecule has 0 aromatic rings. The van der Waals surface area contributed by atoms with E-state index in [-0.39, 0.29) is 5.38 Å². The molecule has 0 aliphatic carbocycles. The van der Waals surface area contributed by atoms with Crippen molar-refractivity contribution < 1.29 is 0 Å². The Kier molecular flexibility index (Phi) is 3.43. The molecule has 0 rings (SSSR count). The first-order valence-electron chi connectivity index (χ1n) is 4.31. The van der Waals surface area contributed by atoms with Gasteiger partial charge in [-0.25, -0.2) is 0 Å². The van der Waals surface area contributed by atoms with Crippen molar-refractivity contribution in [2.45, 2.75) is 53.3 Å². The Morgan fingerprint density at radius 2 is 1.45 bits per heavy atom. The van der Waals surface area contributed by atoms with E-state index in [0.29, 0.717) is 10.8 Å². The van der Waals surface area contributed by atoms with Crippen LogP contribution < -0.4 is 0 Å². The number of hydrogen-bond acceptors (Lipinski definition) is 0. The largest absolute Gasteiger partial charge is 0.123 e. The standard InChI is InChI=1S/C10H21Cl/c1-8(11)7-10(5,6)9(2,3)4/h8H,7H2,1-6H3. The van der Waals surface area contributed by atoms with Crippen LogP contribution in [0.1, 0.15) is 48.0 Å². The first-order chi connectivity index (χ1) is 4.67. The van der Waals surface area contributed by atoms with Crippen LogP contribution in [-0.2, 0) is 0 Å². The van der Waals surface area contributed by atoms with Crippen LogP contribution in [0.5, 0.6) is 0 Å². The van der Waals surface area contributed by atoms with Crippen LogP contribution in [-0.4, -0.2) is 5.38 Å². The van der Waals surface area contributed by atoms with Crippen molar-refractivity contribution in [3.8, 4) is 0 Å². The predicted molar refractivity (Wildman–Crippen MR) is 53.2 cm³/mol. The molecule has 0 fully saturated rings. The topological polar surface area (TPSA) is 0 Å². The fourth-order valence-electron chi connectivity index (χ4n) is 1.01. The van der Waals surface area contributed by atoms with Crippen molar-refractivity contribution in [3.05, 3.63) is 0 Å². The summed E-state index contributed by atoms with van der Waals surface area (Å²) >= 11 is 5.97. The molecule has 0 spiro atoms. The van der Waals surface area contributed by atoms with Gasteiger partial charge in [0.1, 0.15) is 0 Å². The van der Waals surface area contributed by atoms with Crippen LogP contribution >= 0.6 is 11.6 Å². The maximum absolute atomic E-state index is 5.97. The van der Waals surface area contributed by atoms with Crippen molar-refractivity contribution in [2.24, 2.45) is 10.8 Å². The number of alkyl halides is 1. The van der Waals surface area contributed by atoms with E-state index >= 15 is 0 Å². The summed E-state index contributed by atoms with van der Waals surface area (Å²) in [5.41, 5.74) is 0.671. The molecule has 1 atom stereocenters. The first kappa shape index (κ1) is 11.3. The molecule has 0 amide bonds. The van der Waals surface area contributed by atoms with Gasteiger partial charge >= 0.3 is 0 Å². The molecule has 0 aromatic carbocycles. The maximum Gasteiger partial charge on any atom is 0.0313 e. The fraction of sp³-hybridized carbons (Fsp3) is 1.00. The second kappa shape index (κ2) is 3.35. The van der Waals surface area contributed by atoms with Gasteiger partial charge in [0.15, 0.2) is 0 Å². The van der Waals surface area contributed by atoms with Crippen LogP contribution in [0.4, 0.5) is 0 Å². The van der Waals surface area contributed by atoms with Crippen molar-refractivity contribution in [3.63, 3.8) is 0 Å². The molecule has 0 saturated heterocycles. The second-order valence-electron chi connectivity index (χ2n) is 5.12. The van der Waals surface area contributed by atoms with E-state index in [1.165, 1.54) is 0 Å². The minimum absolute atomic E-state index is 0.282. The van der Waals surface area contributed by atoms with Crippen LogP contribution in [0, 0.1) is 10.8 Å². The molecule has 0 bridgehead atoms. The number of rotatable bonds is 2. The zero-order valence-corrected chi connectivity index (χ0v) is 9.42. The summed E-state index contributed by atoms with van der Waals surface area (Å²) in [5, 5.41) is 0.282. The summed E-state index contributed by atoms with van der Waals surface area (Å²) in [4.78, 5) is 0. The molecule has 1 unspecified atom stereocenters. The van der Waals surface area contributed by atoms with Gasteiger partial charge in [0.05, 0.1) is 0 Å². The van der Waals surface area contributed by atoms with E-state index in [9.17, 15) is 0 Å². The highest BCUT2D eigenvalue weighted by molar-refractivity contribution is 6.20. The summed E-state index contributed by atoms with van der Waals surface area (Å²) in [6.07, 6.45) is 1.08. The van der Waals surface area contributed by atoms with E-state index < -0.39 is 0 Å². The summed E-state index contributed by atoms with van der Waals surface area (Å²) in [6.45, 7) is 13.4. The summed E-state index contributed by atoms with van der Waals surface area (Å²) in [6, 6.07) is 0. The van der Waals surface area contributed by atoms with Crippen LogP contribution in [0.15, 0.2) is 0 Å². The second-order valence-corrected chi connectivity index (χ2v) is 5.86. The third-order valence-corrected chi connectivity index (χ3v) is 2.98. The normalized spacial score (nSPS) is 16.6. The van der Waals surface area contributed by atoms with Gasteiger partial charge in [0.2, 0.25) is 0 Å². The smallest absolute Gasteiger partial charge is 0.0313 e. The van der Waals surface area contributed by atoms with E-state index in [0.717, 1.165) is 6.42 Å². The molecular formula is C10H21Cl.